The summed E-state index contributed by atoms with van der Waals surface area (Å²) < 4.78 is 39.9. The van der Waals surface area contributed by atoms with E-state index in [-0.39, 0.29) is 11.1 Å². The number of amides is 1. The van der Waals surface area contributed by atoms with E-state index in [2.05, 4.69) is 0 Å². The number of carbonyl (C=O) groups excluding carboxylic acids is 1. The first-order valence-corrected chi connectivity index (χ1v) is 4.27. The van der Waals surface area contributed by atoms with Gasteiger partial charge in [0.05, 0.1) is 0 Å². The lowest BCUT2D eigenvalue weighted by Crippen LogP contribution is -2.12. The number of hydrogen-bond donors (Lipinski definition) is 1. The summed E-state index contributed by atoms with van der Waals surface area (Å²) in [6.45, 7) is 3.68. The van der Waals surface area contributed by atoms with Crippen LogP contribution >= 0.6 is 0 Å². The largest absolute Gasteiger partial charge is 0.321 e. The smallest absolute Gasteiger partial charge is 0.221 e. The molecule has 0 saturated carbocycles. The number of halogens is 3. The molecule has 0 saturated heterocycles. The van der Waals surface area contributed by atoms with Crippen molar-refractivity contribution >= 4 is 11.6 Å². The van der Waals surface area contributed by atoms with Crippen molar-refractivity contribution in [3.05, 3.63) is 28.6 Å². The van der Waals surface area contributed by atoms with Crippen LogP contribution in [0.25, 0.3) is 0 Å². The average Bonchev–Trinajstić information content (AvgIpc) is 2.18. The summed E-state index contributed by atoms with van der Waals surface area (Å²) in [4.78, 5) is 10.7. The summed E-state index contributed by atoms with van der Waals surface area (Å²) in [5.74, 6) is -4.11. The fraction of sp³-hybridized carbons (Fsp3) is 0.300. The van der Waals surface area contributed by atoms with Crippen LogP contribution < -0.4 is 5.32 Å². The third-order valence-electron chi connectivity index (χ3n) is 2.15. The van der Waals surface area contributed by atoms with Crippen molar-refractivity contribution in [1.29, 1.82) is 0 Å². The fourth-order valence-corrected chi connectivity index (χ4v) is 1.17. The van der Waals surface area contributed by atoms with E-state index in [9.17, 15) is 18.0 Å². The quantitative estimate of drug-likeness (QED) is 0.720. The van der Waals surface area contributed by atoms with Gasteiger partial charge in [-0.05, 0) is 25.0 Å². The Kier molecular flexibility index (Phi) is 3.02. The number of benzene rings is 1. The molecule has 0 aliphatic rings. The highest BCUT2D eigenvalue weighted by molar-refractivity contribution is 5.89. The Morgan fingerprint density at radius 3 is 1.93 bits per heavy atom. The third-order valence-corrected chi connectivity index (χ3v) is 2.15. The van der Waals surface area contributed by atoms with Crippen molar-refractivity contribution in [2.24, 2.45) is 0 Å². The highest BCUT2D eigenvalue weighted by Crippen LogP contribution is 2.27. The molecule has 0 radical (unpaired) electrons. The minimum Gasteiger partial charge on any atom is -0.321 e. The molecule has 0 unspecified atom stereocenters. The normalized spacial score (nSPS) is 10.3. The lowest BCUT2D eigenvalue weighted by Gasteiger charge is -2.11. The second kappa shape index (κ2) is 3.92. The predicted molar refractivity (Wildman–Crippen MR) is 50.1 cm³/mol. The maximum absolute atomic E-state index is 13.4. The number of anilines is 1. The Bertz CT molecular complexity index is 400. The fourth-order valence-electron chi connectivity index (χ4n) is 1.17. The third kappa shape index (κ3) is 1.95. The molecule has 1 amide bonds. The van der Waals surface area contributed by atoms with Crippen molar-refractivity contribution in [3.8, 4) is 0 Å². The summed E-state index contributed by atoms with van der Waals surface area (Å²) in [6, 6.07) is 0. The zero-order valence-corrected chi connectivity index (χ0v) is 8.54. The van der Waals surface area contributed by atoms with E-state index in [0.717, 1.165) is 6.92 Å². The van der Waals surface area contributed by atoms with Gasteiger partial charge in [-0.3, -0.25) is 4.79 Å². The average molecular weight is 217 g/mol. The molecule has 0 bridgehead atoms. The maximum Gasteiger partial charge on any atom is 0.221 e. The molecule has 0 spiro atoms. The highest BCUT2D eigenvalue weighted by Gasteiger charge is 2.20. The van der Waals surface area contributed by atoms with Gasteiger partial charge in [0.25, 0.3) is 0 Å². The molecule has 82 valence electrons. The Morgan fingerprint density at radius 1 is 1.00 bits per heavy atom. The van der Waals surface area contributed by atoms with Crippen molar-refractivity contribution in [1.82, 2.24) is 0 Å². The van der Waals surface area contributed by atoms with E-state index >= 15 is 0 Å². The summed E-state index contributed by atoms with van der Waals surface area (Å²) in [5, 5.41) is 1.92. The molecule has 1 aromatic rings. The molecule has 0 aliphatic carbocycles. The van der Waals surface area contributed by atoms with Gasteiger partial charge >= 0.3 is 0 Å². The lowest BCUT2D eigenvalue weighted by molar-refractivity contribution is -0.114. The lowest BCUT2D eigenvalue weighted by atomic mass is 10.1. The van der Waals surface area contributed by atoms with Gasteiger partial charge < -0.3 is 5.32 Å². The maximum atomic E-state index is 13.4. The zero-order valence-electron chi connectivity index (χ0n) is 8.54. The van der Waals surface area contributed by atoms with E-state index < -0.39 is 29.0 Å². The number of rotatable bonds is 1. The van der Waals surface area contributed by atoms with E-state index in [1.165, 1.54) is 13.8 Å². The first kappa shape index (κ1) is 11.6. The van der Waals surface area contributed by atoms with E-state index in [1.807, 2.05) is 5.32 Å². The predicted octanol–water partition coefficient (Wildman–Crippen LogP) is 2.68. The Balaban J connectivity index is 3.45. The molecule has 1 aromatic carbocycles. The number of hydrogen-bond acceptors (Lipinski definition) is 1. The van der Waals surface area contributed by atoms with Crippen LogP contribution in [0.15, 0.2) is 0 Å². The first-order chi connectivity index (χ1) is 6.86. The summed E-state index contributed by atoms with van der Waals surface area (Å²) >= 11 is 0. The second-order valence-corrected chi connectivity index (χ2v) is 3.25. The van der Waals surface area contributed by atoms with Crippen LogP contribution in [0.5, 0.6) is 0 Å². The molecule has 0 atom stereocenters. The molecule has 15 heavy (non-hydrogen) atoms. The molecule has 0 heterocycles. The van der Waals surface area contributed by atoms with Crippen LogP contribution in [-0.2, 0) is 4.79 Å². The molecular formula is C10H10F3NO. The van der Waals surface area contributed by atoms with Gasteiger partial charge in [0.2, 0.25) is 5.91 Å². The zero-order chi connectivity index (χ0) is 11.7. The Morgan fingerprint density at radius 2 is 1.47 bits per heavy atom. The summed E-state index contributed by atoms with van der Waals surface area (Å²) in [5.41, 5.74) is -0.847. The molecule has 1 rings (SSSR count). The van der Waals surface area contributed by atoms with E-state index in [1.54, 1.807) is 0 Å². The molecule has 2 nitrogen and oxygen atoms in total. The van der Waals surface area contributed by atoms with E-state index in [4.69, 9.17) is 0 Å². The van der Waals surface area contributed by atoms with Gasteiger partial charge in [-0.25, -0.2) is 13.2 Å². The molecule has 0 fully saturated rings. The van der Waals surface area contributed by atoms with Crippen LogP contribution in [0.1, 0.15) is 18.1 Å². The Labute approximate surface area is 85.1 Å². The molecule has 5 heteroatoms. The summed E-state index contributed by atoms with van der Waals surface area (Å²) in [7, 11) is 0. The highest BCUT2D eigenvalue weighted by atomic mass is 19.2. The van der Waals surface area contributed by atoms with Gasteiger partial charge in [0.15, 0.2) is 17.5 Å². The van der Waals surface area contributed by atoms with Crippen molar-refractivity contribution in [2.75, 3.05) is 5.32 Å². The topological polar surface area (TPSA) is 29.1 Å². The van der Waals surface area contributed by atoms with Crippen LogP contribution in [0, 0.1) is 31.3 Å². The molecular weight excluding hydrogens is 207 g/mol. The van der Waals surface area contributed by atoms with Crippen molar-refractivity contribution in [2.45, 2.75) is 20.8 Å². The van der Waals surface area contributed by atoms with Crippen molar-refractivity contribution < 1.29 is 18.0 Å². The standard InChI is InChI=1S/C10H10F3NO/c1-4-5(2)8(12)10(14-6(3)15)9(13)7(4)11/h1-3H3,(H,14,15). The monoisotopic (exact) mass is 217 g/mol. The second-order valence-electron chi connectivity index (χ2n) is 3.25. The number of nitrogens with one attached hydrogen (secondary N) is 1. The van der Waals surface area contributed by atoms with Gasteiger partial charge in [-0.2, -0.15) is 0 Å². The molecule has 0 aromatic heterocycles. The van der Waals surface area contributed by atoms with Crippen molar-refractivity contribution in [3.63, 3.8) is 0 Å². The van der Waals surface area contributed by atoms with Gasteiger partial charge in [0, 0.05) is 6.92 Å². The first-order valence-electron chi connectivity index (χ1n) is 4.27. The minimum atomic E-state index is -1.37. The number of carbonyl (C=O) groups is 1. The molecule has 1 N–H and O–H groups in total. The summed E-state index contributed by atoms with van der Waals surface area (Å²) in [6.07, 6.45) is 0. The van der Waals surface area contributed by atoms with Crippen LogP contribution in [-0.4, -0.2) is 5.91 Å². The van der Waals surface area contributed by atoms with Gasteiger partial charge in [-0.15, -0.1) is 0 Å². The van der Waals surface area contributed by atoms with E-state index in [0.29, 0.717) is 0 Å². The molecule has 0 aliphatic heterocycles. The van der Waals surface area contributed by atoms with Crippen LogP contribution in [0.3, 0.4) is 0 Å². The van der Waals surface area contributed by atoms with Gasteiger partial charge in [0.1, 0.15) is 5.69 Å². The van der Waals surface area contributed by atoms with Crippen LogP contribution in [0.2, 0.25) is 0 Å². The Hall–Kier alpha value is -1.52. The van der Waals surface area contributed by atoms with Crippen LogP contribution in [0.4, 0.5) is 18.9 Å². The SMILES string of the molecule is CC(=O)Nc1c(F)c(C)c(C)c(F)c1F. The minimum absolute atomic E-state index is 0.0161. The van der Waals surface area contributed by atoms with Gasteiger partial charge in [-0.1, -0.05) is 0 Å².